The summed E-state index contributed by atoms with van der Waals surface area (Å²) < 4.78 is 39.4. The van der Waals surface area contributed by atoms with E-state index in [9.17, 15) is 18.0 Å². The van der Waals surface area contributed by atoms with Gasteiger partial charge in [0.1, 0.15) is 0 Å². The van der Waals surface area contributed by atoms with Crippen LogP contribution in [0.25, 0.3) is 0 Å². The summed E-state index contributed by atoms with van der Waals surface area (Å²) in [5, 5.41) is 0. The lowest BCUT2D eigenvalue weighted by Crippen LogP contribution is -2.29. The van der Waals surface area contributed by atoms with Crippen molar-refractivity contribution in [2.45, 2.75) is 6.42 Å². The standard InChI is InChI=1S/C15H11F3N2O/c16-10-6-8(7-11(17)14(10)18)15(21)20-5-4-9-12(19)2-1-3-13(9)20/h1-3,6-7H,4-5,19H2. The third-order valence-electron chi connectivity index (χ3n) is 3.54. The highest BCUT2D eigenvalue weighted by atomic mass is 19.2. The van der Waals surface area contributed by atoms with E-state index in [-0.39, 0.29) is 5.56 Å². The summed E-state index contributed by atoms with van der Waals surface area (Å²) >= 11 is 0. The minimum absolute atomic E-state index is 0.235. The number of halogens is 3. The summed E-state index contributed by atoms with van der Waals surface area (Å²) in [7, 11) is 0. The highest BCUT2D eigenvalue weighted by Gasteiger charge is 2.28. The second kappa shape index (κ2) is 4.80. The van der Waals surface area contributed by atoms with Crippen LogP contribution in [0.5, 0.6) is 0 Å². The molecule has 0 saturated carbocycles. The molecule has 0 unspecified atom stereocenters. The first kappa shape index (κ1) is 13.5. The maximum absolute atomic E-state index is 13.2. The first-order valence-electron chi connectivity index (χ1n) is 6.33. The molecule has 0 saturated heterocycles. The normalized spacial score (nSPS) is 13.4. The van der Waals surface area contributed by atoms with E-state index in [1.54, 1.807) is 18.2 Å². The van der Waals surface area contributed by atoms with Gasteiger partial charge in [-0.1, -0.05) is 6.07 Å². The minimum atomic E-state index is -1.59. The lowest BCUT2D eigenvalue weighted by molar-refractivity contribution is 0.0988. The molecule has 6 heteroatoms. The molecule has 3 nitrogen and oxygen atoms in total. The SMILES string of the molecule is Nc1cccc2c1CCN2C(=O)c1cc(F)c(F)c(F)c1. The first-order chi connectivity index (χ1) is 9.99. The van der Waals surface area contributed by atoms with E-state index in [1.165, 1.54) is 4.90 Å². The maximum Gasteiger partial charge on any atom is 0.258 e. The molecule has 108 valence electrons. The number of anilines is 2. The van der Waals surface area contributed by atoms with Crippen LogP contribution in [0.2, 0.25) is 0 Å². The van der Waals surface area contributed by atoms with Gasteiger partial charge in [-0.3, -0.25) is 4.79 Å². The molecule has 1 amide bonds. The lowest BCUT2D eigenvalue weighted by atomic mass is 10.1. The number of rotatable bonds is 1. The van der Waals surface area contributed by atoms with Crippen molar-refractivity contribution in [2.24, 2.45) is 0 Å². The van der Waals surface area contributed by atoms with Crippen LogP contribution >= 0.6 is 0 Å². The zero-order chi connectivity index (χ0) is 15.1. The predicted molar refractivity (Wildman–Crippen MR) is 72.6 cm³/mol. The predicted octanol–water partition coefficient (Wildman–Crippen LogP) is 2.89. The Labute approximate surface area is 118 Å². The minimum Gasteiger partial charge on any atom is -0.398 e. The number of nitrogens with zero attached hydrogens (tertiary/aromatic N) is 1. The average molecular weight is 292 g/mol. The molecule has 0 spiro atoms. The Morgan fingerprint density at radius 3 is 2.48 bits per heavy atom. The molecule has 0 bridgehead atoms. The molecule has 2 aromatic rings. The molecule has 21 heavy (non-hydrogen) atoms. The van der Waals surface area contributed by atoms with Crippen molar-refractivity contribution in [3.63, 3.8) is 0 Å². The van der Waals surface area contributed by atoms with Gasteiger partial charge in [-0.2, -0.15) is 0 Å². The Hall–Kier alpha value is -2.50. The third kappa shape index (κ3) is 2.12. The van der Waals surface area contributed by atoms with Gasteiger partial charge in [0.05, 0.1) is 0 Å². The van der Waals surface area contributed by atoms with Gasteiger partial charge in [-0.05, 0) is 30.7 Å². The highest BCUT2D eigenvalue weighted by molar-refractivity contribution is 6.07. The van der Waals surface area contributed by atoms with Gasteiger partial charge in [0.2, 0.25) is 0 Å². The molecule has 2 aromatic carbocycles. The summed E-state index contributed by atoms with van der Waals surface area (Å²) in [6.45, 7) is 0.364. The number of benzene rings is 2. The molecule has 0 aromatic heterocycles. The summed E-state index contributed by atoms with van der Waals surface area (Å²) in [4.78, 5) is 13.8. The molecular weight excluding hydrogens is 281 g/mol. The van der Waals surface area contributed by atoms with Crippen molar-refractivity contribution in [2.75, 3.05) is 17.2 Å². The largest absolute Gasteiger partial charge is 0.398 e. The van der Waals surface area contributed by atoms with Crippen LogP contribution in [0, 0.1) is 17.5 Å². The van der Waals surface area contributed by atoms with Crippen LogP contribution in [0.4, 0.5) is 24.5 Å². The van der Waals surface area contributed by atoms with Crippen LogP contribution in [0.15, 0.2) is 30.3 Å². The van der Waals surface area contributed by atoms with Gasteiger partial charge in [-0.25, -0.2) is 13.2 Å². The van der Waals surface area contributed by atoms with E-state index in [2.05, 4.69) is 0 Å². The lowest BCUT2D eigenvalue weighted by Gasteiger charge is -2.17. The van der Waals surface area contributed by atoms with E-state index < -0.39 is 23.4 Å². The van der Waals surface area contributed by atoms with Crippen molar-refractivity contribution in [3.8, 4) is 0 Å². The number of hydrogen-bond donors (Lipinski definition) is 1. The highest BCUT2D eigenvalue weighted by Crippen LogP contribution is 2.33. The number of hydrogen-bond acceptors (Lipinski definition) is 2. The van der Waals surface area contributed by atoms with Gasteiger partial charge in [0.25, 0.3) is 5.91 Å². The van der Waals surface area contributed by atoms with Crippen molar-refractivity contribution >= 4 is 17.3 Å². The van der Waals surface area contributed by atoms with Crippen molar-refractivity contribution in [3.05, 3.63) is 58.9 Å². The zero-order valence-corrected chi connectivity index (χ0v) is 10.9. The number of carbonyl (C=O) groups excluding carboxylic acids is 1. The van der Waals surface area contributed by atoms with Crippen molar-refractivity contribution in [1.82, 2.24) is 0 Å². The van der Waals surface area contributed by atoms with Crippen molar-refractivity contribution < 1.29 is 18.0 Å². The average Bonchev–Trinajstić information content (AvgIpc) is 2.89. The molecule has 0 fully saturated rings. The molecule has 1 aliphatic heterocycles. The Morgan fingerprint density at radius 1 is 1.14 bits per heavy atom. The molecule has 0 radical (unpaired) electrons. The number of amides is 1. The number of carbonyl (C=O) groups is 1. The molecular formula is C15H11F3N2O. The molecule has 1 aliphatic rings. The van der Waals surface area contributed by atoms with Gasteiger partial charge in [-0.15, -0.1) is 0 Å². The van der Waals surface area contributed by atoms with E-state index in [4.69, 9.17) is 5.73 Å². The molecule has 2 N–H and O–H groups in total. The summed E-state index contributed by atoms with van der Waals surface area (Å²) in [6, 6.07) is 6.54. The summed E-state index contributed by atoms with van der Waals surface area (Å²) in [5.41, 5.74) is 7.61. The Morgan fingerprint density at radius 2 is 1.81 bits per heavy atom. The molecule has 0 atom stereocenters. The zero-order valence-electron chi connectivity index (χ0n) is 10.9. The van der Waals surface area contributed by atoms with Crippen molar-refractivity contribution in [1.29, 1.82) is 0 Å². The second-order valence-corrected chi connectivity index (χ2v) is 4.81. The number of nitrogen functional groups attached to an aromatic ring is 1. The quantitative estimate of drug-likeness (QED) is 0.649. The summed E-state index contributed by atoms with van der Waals surface area (Å²) in [6.07, 6.45) is 0.569. The van der Waals surface area contributed by atoms with Gasteiger partial charge < -0.3 is 10.6 Å². The van der Waals surface area contributed by atoms with E-state index in [1.807, 2.05) is 0 Å². The Balaban J connectivity index is 2.01. The first-order valence-corrected chi connectivity index (χ1v) is 6.33. The molecule has 1 heterocycles. The fourth-order valence-electron chi connectivity index (χ4n) is 2.51. The van der Waals surface area contributed by atoms with E-state index in [0.717, 1.165) is 5.56 Å². The van der Waals surface area contributed by atoms with Gasteiger partial charge in [0, 0.05) is 29.0 Å². The summed E-state index contributed by atoms with van der Waals surface area (Å²) in [5.74, 6) is -4.94. The van der Waals surface area contributed by atoms with Crippen LogP contribution < -0.4 is 10.6 Å². The van der Waals surface area contributed by atoms with Gasteiger partial charge in [0.15, 0.2) is 17.5 Å². The van der Waals surface area contributed by atoms with E-state index in [0.29, 0.717) is 36.5 Å². The fraction of sp³-hybridized carbons (Fsp3) is 0.133. The van der Waals surface area contributed by atoms with E-state index >= 15 is 0 Å². The number of fused-ring (bicyclic) bond motifs is 1. The maximum atomic E-state index is 13.2. The molecule has 3 rings (SSSR count). The van der Waals surface area contributed by atoms with Crippen LogP contribution in [0.3, 0.4) is 0 Å². The second-order valence-electron chi connectivity index (χ2n) is 4.81. The third-order valence-corrected chi connectivity index (χ3v) is 3.54. The fourth-order valence-corrected chi connectivity index (χ4v) is 2.51. The van der Waals surface area contributed by atoms with Gasteiger partial charge >= 0.3 is 0 Å². The van der Waals surface area contributed by atoms with Crippen LogP contribution in [0.1, 0.15) is 15.9 Å². The number of nitrogens with two attached hydrogens (primary N) is 1. The Kier molecular flexibility index (Phi) is 3.08. The molecule has 0 aliphatic carbocycles. The topological polar surface area (TPSA) is 46.3 Å². The monoisotopic (exact) mass is 292 g/mol. The Bertz CT molecular complexity index is 723. The van der Waals surface area contributed by atoms with Crippen LogP contribution in [-0.2, 0) is 6.42 Å². The van der Waals surface area contributed by atoms with Crippen LogP contribution in [-0.4, -0.2) is 12.5 Å². The smallest absolute Gasteiger partial charge is 0.258 e.